The third kappa shape index (κ3) is 5.88. The lowest BCUT2D eigenvalue weighted by atomic mass is 10.2. The molecule has 2 aromatic rings. The predicted octanol–water partition coefficient (Wildman–Crippen LogP) is 3.13. The Hall–Kier alpha value is -2.12. The Balaban J connectivity index is 1.77. The molecular formula is C15H16ClN3O3S. The van der Waals surface area contributed by atoms with Crippen LogP contribution in [-0.2, 0) is 11.3 Å². The fourth-order valence-corrected chi connectivity index (χ4v) is 2.77. The number of carbonyl (C=O) groups is 2. The van der Waals surface area contributed by atoms with Gasteiger partial charge in [-0.05, 0) is 18.6 Å². The maximum atomic E-state index is 11.6. The van der Waals surface area contributed by atoms with Gasteiger partial charge >= 0.3 is 12.0 Å². The van der Waals surface area contributed by atoms with Gasteiger partial charge in [0.15, 0.2) is 0 Å². The second kappa shape index (κ2) is 8.50. The van der Waals surface area contributed by atoms with E-state index >= 15 is 0 Å². The number of nitrogens with zero attached hydrogens (tertiary/aromatic N) is 1. The lowest BCUT2D eigenvalue weighted by Gasteiger charge is -2.05. The van der Waals surface area contributed by atoms with Gasteiger partial charge in [0, 0.05) is 34.6 Å². The van der Waals surface area contributed by atoms with Crippen molar-refractivity contribution in [2.24, 2.45) is 0 Å². The van der Waals surface area contributed by atoms with Crippen molar-refractivity contribution < 1.29 is 14.7 Å². The molecule has 2 rings (SSSR count). The highest BCUT2D eigenvalue weighted by atomic mass is 35.5. The Bertz CT molecular complexity index is 673. The zero-order chi connectivity index (χ0) is 16.7. The van der Waals surface area contributed by atoms with Crippen molar-refractivity contribution in [1.82, 2.24) is 15.6 Å². The average molecular weight is 354 g/mol. The highest BCUT2D eigenvalue weighted by molar-refractivity contribution is 7.15. The number of aliphatic carboxylic acids is 1. The van der Waals surface area contributed by atoms with Gasteiger partial charge in [0.1, 0.15) is 5.01 Å². The summed E-state index contributed by atoms with van der Waals surface area (Å²) in [5, 5.41) is 15.4. The van der Waals surface area contributed by atoms with E-state index in [9.17, 15) is 9.59 Å². The van der Waals surface area contributed by atoms with Gasteiger partial charge in [-0.3, -0.25) is 4.79 Å². The molecule has 2 amide bonds. The van der Waals surface area contributed by atoms with Crippen molar-refractivity contribution in [1.29, 1.82) is 0 Å². The van der Waals surface area contributed by atoms with Gasteiger partial charge in [-0.15, -0.1) is 11.3 Å². The minimum atomic E-state index is -0.869. The Morgan fingerprint density at radius 3 is 2.65 bits per heavy atom. The smallest absolute Gasteiger partial charge is 0.315 e. The minimum absolute atomic E-state index is 0.0412. The molecule has 1 heterocycles. The fourth-order valence-electron chi connectivity index (χ4n) is 1.79. The van der Waals surface area contributed by atoms with Crippen molar-refractivity contribution in [3.05, 3.63) is 40.4 Å². The summed E-state index contributed by atoms with van der Waals surface area (Å²) in [7, 11) is 0. The van der Waals surface area contributed by atoms with Gasteiger partial charge in [-0.2, -0.15) is 0 Å². The zero-order valence-corrected chi connectivity index (χ0v) is 13.8. The van der Waals surface area contributed by atoms with Crippen LogP contribution in [0.1, 0.15) is 17.7 Å². The fraction of sp³-hybridized carbons (Fsp3) is 0.267. The number of carboxylic acid groups (broad SMARTS) is 1. The Morgan fingerprint density at radius 1 is 1.22 bits per heavy atom. The lowest BCUT2D eigenvalue weighted by molar-refractivity contribution is -0.137. The minimum Gasteiger partial charge on any atom is -0.481 e. The van der Waals surface area contributed by atoms with E-state index in [4.69, 9.17) is 16.7 Å². The Morgan fingerprint density at radius 2 is 1.96 bits per heavy atom. The first kappa shape index (κ1) is 17.2. The summed E-state index contributed by atoms with van der Waals surface area (Å²) >= 11 is 7.35. The van der Waals surface area contributed by atoms with Crippen LogP contribution in [0.5, 0.6) is 0 Å². The first-order valence-electron chi connectivity index (χ1n) is 6.99. The summed E-state index contributed by atoms with van der Waals surface area (Å²) in [6.45, 7) is 0.701. The van der Waals surface area contributed by atoms with E-state index in [0.717, 1.165) is 15.4 Å². The van der Waals surface area contributed by atoms with E-state index in [1.807, 2.05) is 12.1 Å². The van der Waals surface area contributed by atoms with E-state index in [-0.39, 0.29) is 12.5 Å². The quantitative estimate of drug-likeness (QED) is 0.667. The van der Waals surface area contributed by atoms with Gasteiger partial charge in [-0.1, -0.05) is 23.7 Å². The molecule has 0 unspecified atom stereocenters. The zero-order valence-electron chi connectivity index (χ0n) is 12.2. The molecular weight excluding hydrogens is 338 g/mol. The van der Waals surface area contributed by atoms with E-state index in [1.165, 1.54) is 11.3 Å². The molecule has 0 spiro atoms. The summed E-state index contributed by atoms with van der Waals surface area (Å²) in [5.41, 5.74) is 0.976. The summed E-state index contributed by atoms with van der Waals surface area (Å²) in [5.74, 6) is -0.869. The van der Waals surface area contributed by atoms with E-state index in [0.29, 0.717) is 24.5 Å². The van der Waals surface area contributed by atoms with Crippen LogP contribution < -0.4 is 10.6 Å². The van der Waals surface area contributed by atoms with Crippen molar-refractivity contribution in [3.63, 3.8) is 0 Å². The van der Waals surface area contributed by atoms with Crippen molar-refractivity contribution >= 4 is 34.9 Å². The molecule has 6 nitrogen and oxygen atoms in total. The third-order valence-electron chi connectivity index (χ3n) is 2.92. The van der Waals surface area contributed by atoms with Crippen molar-refractivity contribution in [3.8, 4) is 10.6 Å². The molecule has 8 heteroatoms. The molecule has 122 valence electrons. The molecule has 1 aromatic heterocycles. The molecule has 3 N–H and O–H groups in total. The number of hydrogen-bond acceptors (Lipinski definition) is 4. The number of urea groups is 1. The van der Waals surface area contributed by atoms with Crippen LogP contribution >= 0.6 is 22.9 Å². The highest BCUT2D eigenvalue weighted by Crippen LogP contribution is 2.26. The van der Waals surface area contributed by atoms with Crippen LogP contribution in [0, 0.1) is 0 Å². The number of rotatable bonds is 7. The molecule has 23 heavy (non-hydrogen) atoms. The highest BCUT2D eigenvalue weighted by Gasteiger charge is 2.06. The molecule has 1 aromatic carbocycles. The Labute approximate surface area is 142 Å². The van der Waals surface area contributed by atoms with Crippen LogP contribution in [-0.4, -0.2) is 28.6 Å². The predicted molar refractivity (Wildman–Crippen MR) is 89.7 cm³/mol. The SMILES string of the molecule is O=C(O)CCCNC(=O)NCc1cnc(-c2ccc(Cl)cc2)s1. The molecule has 0 fully saturated rings. The lowest BCUT2D eigenvalue weighted by Crippen LogP contribution is -2.35. The average Bonchev–Trinajstić information content (AvgIpc) is 2.99. The molecule has 0 aliphatic carbocycles. The molecule has 0 aliphatic rings. The topological polar surface area (TPSA) is 91.3 Å². The molecule has 0 aliphatic heterocycles. The Kier molecular flexibility index (Phi) is 6.37. The number of nitrogens with one attached hydrogen (secondary N) is 2. The number of amides is 2. The second-order valence-corrected chi connectivity index (χ2v) is 6.30. The van der Waals surface area contributed by atoms with Gasteiger partial charge in [-0.25, -0.2) is 9.78 Å². The van der Waals surface area contributed by atoms with Gasteiger partial charge in [0.05, 0.1) is 6.54 Å². The number of halogens is 1. The molecule has 0 saturated heterocycles. The summed E-state index contributed by atoms with van der Waals surface area (Å²) in [4.78, 5) is 27.2. The van der Waals surface area contributed by atoms with Gasteiger partial charge < -0.3 is 15.7 Å². The van der Waals surface area contributed by atoms with Gasteiger partial charge in [0.25, 0.3) is 0 Å². The summed E-state index contributed by atoms with van der Waals surface area (Å²) < 4.78 is 0. The standard InChI is InChI=1S/C15H16ClN3O3S/c16-11-5-3-10(4-6-11)14-18-8-12(23-14)9-19-15(22)17-7-1-2-13(20)21/h3-6,8H,1-2,7,9H2,(H,20,21)(H2,17,19,22). The monoisotopic (exact) mass is 353 g/mol. The van der Waals surface area contributed by atoms with Gasteiger partial charge in [0.2, 0.25) is 0 Å². The number of carbonyl (C=O) groups excluding carboxylic acids is 1. The van der Waals surface area contributed by atoms with Crippen LogP contribution in [0.3, 0.4) is 0 Å². The second-order valence-electron chi connectivity index (χ2n) is 4.75. The number of hydrogen-bond donors (Lipinski definition) is 3. The first-order chi connectivity index (χ1) is 11.0. The van der Waals surface area contributed by atoms with Crippen molar-refractivity contribution in [2.75, 3.05) is 6.54 Å². The van der Waals surface area contributed by atoms with Crippen LogP contribution in [0.25, 0.3) is 10.6 Å². The molecule has 0 atom stereocenters. The summed E-state index contributed by atoms with van der Waals surface area (Å²) in [6.07, 6.45) is 2.17. The molecule has 0 saturated carbocycles. The van der Waals surface area contributed by atoms with Crippen molar-refractivity contribution in [2.45, 2.75) is 19.4 Å². The van der Waals surface area contributed by atoms with Crippen LogP contribution in [0.4, 0.5) is 4.79 Å². The van der Waals surface area contributed by atoms with E-state index in [2.05, 4.69) is 15.6 Å². The normalized spacial score (nSPS) is 10.3. The largest absolute Gasteiger partial charge is 0.481 e. The number of benzene rings is 1. The number of aromatic nitrogens is 1. The first-order valence-corrected chi connectivity index (χ1v) is 8.18. The van der Waals surface area contributed by atoms with E-state index in [1.54, 1.807) is 18.3 Å². The maximum Gasteiger partial charge on any atom is 0.315 e. The molecule has 0 radical (unpaired) electrons. The van der Waals surface area contributed by atoms with Crippen LogP contribution in [0.15, 0.2) is 30.5 Å². The summed E-state index contributed by atoms with van der Waals surface area (Å²) in [6, 6.07) is 7.08. The molecule has 0 bridgehead atoms. The third-order valence-corrected chi connectivity index (χ3v) is 4.22. The number of carboxylic acids is 1. The van der Waals surface area contributed by atoms with E-state index < -0.39 is 5.97 Å². The number of thiazole rings is 1. The maximum absolute atomic E-state index is 11.6. The van der Waals surface area contributed by atoms with Crippen LogP contribution in [0.2, 0.25) is 5.02 Å².